The highest BCUT2D eigenvalue weighted by molar-refractivity contribution is 7.89. The van der Waals surface area contributed by atoms with E-state index >= 15 is 0 Å². The molecule has 0 bridgehead atoms. The minimum absolute atomic E-state index is 0.148. The zero-order chi connectivity index (χ0) is 14.4. The van der Waals surface area contributed by atoms with Crippen LogP contribution in [-0.4, -0.2) is 36.2 Å². The first-order valence-corrected chi connectivity index (χ1v) is 8.67. The molecule has 1 aromatic carbocycles. The van der Waals surface area contributed by atoms with E-state index in [2.05, 4.69) is 14.2 Å². The van der Waals surface area contributed by atoms with Gasteiger partial charge in [-0.25, -0.2) is 17.9 Å². The van der Waals surface area contributed by atoms with Crippen molar-refractivity contribution < 1.29 is 16.8 Å². The van der Waals surface area contributed by atoms with Crippen LogP contribution in [0.1, 0.15) is 5.56 Å². The topological polar surface area (TPSA) is 104 Å². The van der Waals surface area contributed by atoms with Gasteiger partial charge in [0.15, 0.2) is 0 Å². The summed E-state index contributed by atoms with van der Waals surface area (Å²) in [7, 11) is -5.84. The Balaban J connectivity index is 2.41. The third-order valence-electron chi connectivity index (χ3n) is 2.28. The Labute approximate surface area is 113 Å². The molecule has 1 rings (SSSR count). The monoisotopic (exact) mass is 307 g/mol. The Morgan fingerprint density at radius 3 is 2.21 bits per heavy atom. The normalized spacial score (nSPS) is 12.5. The van der Waals surface area contributed by atoms with Gasteiger partial charge in [0, 0.05) is 13.1 Å². The summed E-state index contributed by atoms with van der Waals surface area (Å²) in [5.74, 6) is -0.310. The molecule has 0 aromatic heterocycles. The lowest BCUT2D eigenvalue weighted by Crippen LogP contribution is -2.39. The summed E-state index contributed by atoms with van der Waals surface area (Å²) in [6.45, 7) is -0.0394. The predicted octanol–water partition coefficient (Wildman–Crippen LogP) is -0.840. The van der Waals surface area contributed by atoms with Crippen LogP contribution < -0.4 is 14.2 Å². The molecule has 0 fully saturated rings. The average Bonchev–Trinajstić information content (AvgIpc) is 2.37. The SMILES string of the molecule is CNS(=O)(=O)CCNS(=O)(=O)NCc1ccccc1. The maximum absolute atomic E-state index is 11.5. The fraction of sp³-hybridized carbons (Fsp3) is 0.400. The van der Waals surface area contributed by atoms with Gasteiger partial charge in [0.1, 0.15) is 0 Å². The van der Waals surface area contributed by atoms with Crippen LogP contribution in [0.2, 0.25) is 0 Å². The van der Waals surface area contributed by atoms with Crippen LogP contribution >= 0.6 is 0 Å². The van der Waals surface area contributed by atoms with Gasteiger partial charge in [-0.3, -0.25) is 0 Å². The van der Waals surface area contributed by atoms with Crippen molar-refractivity contribution in [2.24, 2.45) is 0 Å². The molecule has 7 nitrogen and oxygen atoms in total. The van der Waals surface area contributed by atoms with Gasteiger partial charge in [-0.15, -0.1) is 0 Å². The molecule has 0 saturated carbocycles. The number of rotatable bonds is 8. The molecule has 0 aliphatic heterocycles. The van der Waals surface area contributed by atoms with Crippen molar-refractivity contribution in [2.75, 3.05) is 19.3 Å². The molecule has 3 N–H and O–H groups in total. The van der Waals surface area contributed by atoms with Crippen LogP contribution in [0, 0.1) is 0 Å². The second kappa shape index (κ2) is 6.96. The smallest absolute Gasteiger partial charge is 0.218 e. The highest BCUT2D eigenvalue weighted by atomic mass is 32.2. The van der Waals surface area contributed by atoms with E-state index in [9.17, 15) is 16.8 Å². The lowest BCUT2D eigenvalue weighted by atomic mass is 10.2. The predicted molar refractivity (Wildman–Crippen MR) is 73.1 cm³/mol. The van der Waals surface area contributed by atoms with Crippen molar-refractivity contribution in [3.63, 3.8) is 0 Å². The minimum atomic E-state index is -3.70. The molecule has 9 heteroatoms. The highest BCUT2D eigenvalue weighted by Crippen LogP contribution is 1.97. The molecule has 0 heterocycles. The van der Waals surface area contributed by atoms with Crippen LogP contribution in [0.5, 0.6) is 0 Å². The molecule has 0 amide bonds. The summed E-state index contributed by atoms with van der Waals surface area (Å²) in [5.41, 5.74) is 0.815. The lowest BCUT2D eigenvalue weighted by Gasteiger charge is -2.08. The van der Waals surface area contributed by atoms with Gasteiger partial charge in [0.2, 0.25) is 10.0 Å². The van der Waals surface area contributed by atoms with E-state index in [0.717, 1.165) is 5.56 Å². The van der Waals surface area contributed by atoms with E-state index in [1.54, 1.807) is 24.3 Å². The summed E-state index contributed by atoms with van der Waals surface area (Å²) in [4.78, 5) is 0. The van der Waals surface area contributed by atoms with Crippen LogP contribution in [0.15, 0.2) is 30.3 Å². The van der Waals surface area contributed by atoms with Gasteiger partial charge < -0.3 is 0 Å². The van der Waals surface area contributed by atoms with Crippen molar-refractivity contribution in [1.82, 2.24) is 14.2 Å². The fourth-order valence-electron chi connectivity index (χ4n) is 1.24. The number of hydrogen-bond donors (Lipinski definition) is 3. The van der Waals surface area contributed by atoms with Crippen LogP contribution in [0.4, 0.5) is 0 Å². The summed E-state index contributed by atoms with van der Waals surface area (Å²) in [6.07, 6.45) is 0. The molecule has 0 aliphatic rings. The summed E-state index contributed by atoms with van der Waals surface area (Å²) >= 11 is 0. The van der Waals surface area contributed by atoms with Crippen LogP contribution in [0.25, 0.3) is 0 Å². The van der Waals surface area contributed by atoms with E-state index in [1.165, 1.54) is 7.05 Å². The van der Waals surface area contributed by atoms with Crippen LogP contribution in [0.3, 0.4) is 0 Å². The molecule has 0 unspecified atom stereocenters. The van der Waals surface area contributed by atoms with Crippen molar-refractivity contribution in [1.29, 1.82) is 0 Å². The van der Waals surface area contributed by atoms with Crippen LogP contribution in [-0.2, 0) is 26.8 Å². The van der Waals surface area contributed by atoms with Gasteiger partial charge >= 0.3 is 0 Å². The van der Waals surface area contributed by atoms with Crippen molar-refractivity contribution >= 4 is 20.2 Å². The number of nitrogens with one attached hydrogen (secondary N) is 3. The molecule has 0 spiro atoms. The number of sulfonamides is 1. The second-order valence-electron chi connectivity index (χ2n) is 3.73. The molecule has 0 saturated heterocycles. The molecule has 1 aromatic rings. The molecule has 0 aliphatic carbocycles. The van der Waals surface area contributed by atoms with Gasteiger partial charge in [0.25, 0.3) is 10.2 Å². The van der Waals surface area contributed by atoms with E-state index in [0.29, 0.717) is 0 Å². The van der Waals surface area contributed by atoms with Crippen molar-refractivity contribution in [3.8, 4) is 0 Å². The summed E-state index contributed by atoms with van der Waals surface area (Å²) in [5, 5.41) is 0. The first-order valence-electron chi connectivity index (χ1n) is 5.54. The maximum atomic E-state index is 11.5. The highest BCUT2D eigenvalue weighted by Gasteiger charge is 2.12. The molecular formula is C10H17N3O4S2. The van der Waals surface area contributed by atoms with Gasteiger partial charge in [-0.2, -0.15) is 13.1 Å². The van der Waals surface area contributed by atoms with Gasteiger partial charge in [0.05, 0.1) is 5.75 Å². The Hall–Kier alpha value is -1.00. The first kappa shape index (κ1) is 16.1. The Morgan fingerprint density at radius 1 is 1.00 bits per heavy atom. The van der Waals surface area contributed by atoms with Crippen molar-refractivity contribution in [3.05, 3.63) is 35.9 Å². The van der Waals surface area contributed by atoms with Gasteiger partial charge in [-0.05, 0) is 12.6 Å². The zero-order valence-electron chi connectivity index (χ0n) is 10.5. The lowest BCUT2D eigenvalue weighted by molar-refractivity contribution is 0.566. The second-order valence-corrected chi connectivity index (χ2v) is 7.36. The molecule has 0 atom stereocenters. The van der Waals surface area contributed by atoms with E-state index < -0.39 is 20.2 Å². The Bertz CT molecular complexity index is 584. The molecule has 19 heavy (non-hydrogen) atoms. The van der Waals surface area contributed by atoms with Crippen molar-refractivity contribution in [2.45, 2.75) is 6.54 Å². The quantitative estimate of drug-likeness (QED) is 0.582. The molecule has 108 valence electrons. The third kappa shape index (κ3) is 6.64. The Morgan fingerprint density at radius 2 is 1.63 bits per heavy atom. The average molecular weight is 307 g/mol. The molecular weight excluding hydrogens is 290 g/mol. The molecule has 0 radical (unpaired) electrons. The summed E-state index contributed by atoms with van der Waals surface area (Å²) in [6, 6.07) is 9.01. The fourth-order valence-corrected chi connectivity index (χ4v) is 2.77. The minimum Gasteiger partial charge on any atom is -0.218 e. The number of hydrogen-bond acceptors (Lipinski definition) is 4. The number of benzene rings is 1. The van der Waals surface area contributed by atoms with E-state index in [1.807, 2.05) is 6.07 Å². The Kier molecular flexibility index (Phi) is 5.88. The summed E-state index contributed by atoms with van der Waals surface area (Å²) < 4.78 is 51.9. The third-order valence-corrected chi connectivity index (χ3v) is 4.76. The first-order chi connectivity index (χ1) is 8.85. The maximum Gasteiger partial charge on any atom is 0.277 e. The van der Waals surface area contributed by atoms with E-state index in [-0.39, 0.29) is 18.8 Å². The van der Waals surface area contributed by atoms with Gasteiger partial charge in [-0.1, -0.05) is 30.3 Å². The van der Waals surface area contributed by atoms with E-state index in [4.69, 9.17) is 0 Å². The zero-order valence-corrected chi connectivity index (χ0v) is 12.1. The standard InChI is InChI=1S/C10H17N3O4S2/c1-11-18(14,15)8-7-12-19(16,17)13-9-10-5-3-2-4-6-10/h2-6,11-13H,7-9H2,1H3. The largest absolute Gasteiger partial charge is 0.277 e.